The Kier molecular flexibility index (Phi) is 24.2. The van der Waals surface area contributed by atoms with Crippen molar-refractivity contribution >= 4 is 0 Å². The first-order valence-electron chi connectivity index (χ1n) is 3.87. The van der Waals surface area contributed by atoms with Crippen LogP contribution in [-0.2, 0) is 35.7 Å². The molecule has 2 heterocycles. The van der Waals surface area contributed by atoms with Gasteiger partial charge in [0.1, 0.15) is 0 Å². The molecule has 2 aliphatic heterocycles. The second-order valence-electron chi connectivity index (χ2n) is 2.36. The van der Waals surface area contributed by atoms with E-state index in [1.807, 2.05) is 13.2 Å². The van der Waals surface area contributed by atoms with Crippen molar-refractivity contribution in [2.45, 2.75) is 25.7 Å². The Labute approximate surface area is 112 Å². The van der Waals surface area contributed by atoms with Crippen LogP contribution in [0.15, 0.2) is 0 Å². The van der Waals surface area contributed by atoms with Crippen LogP contribution in [0.3, 0.4) is 0 Å². The molecule has 0 saturated carbocycles. The van der Waals surface area contributed by atoms with Gasteiger partial charge in [0.2, 0.25) is 0 Å². The van der Waals surface area contributed by atoms with Gasteiger partial charge < -0.3 is 34.3 Å². The summed E-state index contributed by atoms with van der Waals surface area (Å²) in [4.78, 5) is 0. The monoisotopic (exact) mass is 302 g/mol. The molecular weight excluding hydrogens is 290 g/mol. The van der Waals surface area contributed by atoms with Gasteiger partial charge in [-0.25, -0.2) is 13.2 Å². The molecule has 0 atom stereocenters. The predicted octanol–water partition coefficient (Wildman–Crippen LogP) is -4.08. The van der Waals surface area contributed by atoms with Crippen LogP contribution in [0.2, 0.25) is 0 Å². The summed E-state index contributed by atoms with van der Waals surface area (Å²) in [5, 5.41) is 0. The summed E-state index contributed by atoms with van der Waals surface area (Å²) in [6.45, 7) is 5.61. The third-order valence-corrected chi connectivity index (χ3v) is 1.40. The van der Waals surface area contributed by atoms with Crippen LogP contribution in [0.25, 0.3) is 0 Å². The zero-order chi connectivity index (χ0) is 7.07. The smallest absolute Gasteiger partial charge is 1.00 e. The maximum Gasteiger partial charge on any atom is 4.00 e. The first kappa shape index (κ1) is 19.9. The molecule has 2 fully saturated rings. The van der Waals surface area contributed by atoms with Crippen LogP contribution in [0, 0.1) is 13.2 Å². The fraction of sp³-hybridized carbons (Fsp3) is 0.750. The zero-order valence-corrected chi connectivity index (χ0v) is 11.4. The quantitative estimate of drug-likeness (QED) is 0.424. The number of halogens is 2. The van der Waals surface area contributed by atoms with Gasteiger partial charge >= 0.3 is 26.2 Å². The van der Waals surface area contributed by atoms with Gasteiger partial charge in [-0.15, -0.1) is 0 Å². The third-order valence-electron chi connectivity index (χ3n) is 1.40. The van der Waals surface area contributed by atoms with E-state index in [1.165, 1.54) is 12.8 Å². The Morgan fingerprint density at radius 2 is 1.15 bits per heavy atom. The van der Waals surface area contributed by atoms with Crippen molar-refractivity contribution in [2.75, 3.05) is 13.2 Å². The predicted molar refractivity (Wildman–Crippen MR) is 39.0 cm³/mol. The molecule has 2 rings (SSSR count). The van der Waals surface area contributed by atoms with Gasteiger partial charge in [-0.3, -0.25) is 0 Å². The van der Waals surface area contributed by atoms with E-state index in [0.29, 0.717) is 0 Å². The van der Waals surface area contributed by atoms with Crippen LogP contribution in [0.5, 0.6) is 0 Å². The first-order chi connectivity index (χ1) is 5.00. The Balaban J connectivity index is -0.000000125. The summed E-state index contributed by atoms with van der Waals surface area (Å²) in [6, 6.07) is 0. The van der Waals surface area contributed by atoms with Crippen molar-refractivity contribution in [3.63, 3.8) is 0 Å². The van der Waals surface area contributed by atoms with Crippen molar-refractivity contribution in [2.24, 2.45) is 0 Å². The minimum atomic E-state index is 0. The van der Waals surface area contributed by atoms with Gasteiger partial charge in [-0.2, -0.15) is 12.8 Å². The molecule has 2 saturated heterocycles. The molecule has 76 valence electrons. The topological polar surface area (TPSA) is 18.5 Å². The molecule has 0 unspecified atom stereocenters. The van der Waals surface area contributed by atoms with Crippen molar-refractivity contribution in [1.82, 2.24) is 0 Å². The van der Waals surface area contributed by atoms with Gasteiger partial charge in [-0.05, 0) is 0 Å². The van der Waals surface area contributed by atoms with Gasteiger partial charge in [-0.1, -0.05) is 12.8 Å². The summed E-state index contributed by atoms with van der Waals surface area (Å²) in [5.74, 6) is 0. The molecule has 2 nitrogen and oxygen atoms in total. The van der Waals surface area contributed by atoms with Crippen LogP contribution in [0.1, 0.15) is 25.7 Å². The first-order valence-corrected chi connectivity index (χ1v) is 3.87. The second kappa shape index (κ2) is 15.8. The summed E-state index contributed by atoms with van der Waals surface area (Å²) in [6.07, 6.45) is 4.75. The largest absolute Gasteiger partial charge is 4.00 e. The van der Waals surface area contributed by atoms with Crippen LogP contribution >= 0.6 is 0 Å². The van der Waals surface area contributed by atoms with Gasteiger partial charge in [0, 0.05) is 13.2 Å². The Hall–Kier alpha value is 1.38. The molecule has 0 aromatic carbocycles. The Bertz CT molecular complexity index is 53.3. The standard InChI is InChI=1S/2C4H7O.2ClH.Zr/c2*1-2-4-5-3-1;;;/h2*3H,1-2,4H2;2*1H;/q2*-1;;;+4/p-2. The third kappa shape index (κ3) is 13.4. The molecule has 0 radical (unpaired) electrons. The Morgan fingerprint density at radius 1 is 0.769 bits per heavy atom. The molecule has 0 bridgehead atoms. The molecule has 0 aliphatic carbocycles. The van der Waals surface area contributed by atoms with Crippen molar-refractivity contribution in [3.05, 3.63) is 13.2 Å². The Morgan fingerprint density at radius 3 is 1.23 bits per heavy atom. The van der Waals surface area contributed by atoms with Crippen LogP contribution < -0.4 is 24.8 Å². The molecule has 0 spiro atoms. The fourth-order valence-corrected chi connectivity index (χ4v) is 0.833. The van der Waals surface area contributed by atoms with Gasteiger partial charge in [0.15, 0.2) is 0 Å². The number of hydrogen-bond acceptors (Lipinski definition) is 2. The van der Waals surface area contributed by atoms with E-state index in [1.54, 1.807) is 0 Å². The summed E-state index contributed by atoms with van der Waals surface area (Å²) < 4.78 is 9.64. The van der Waals surface area contributed by atoms with Crippen LogP contribution in [-0.4, -0.2) is 13.2 Å². The summed E-state index contributed by atoms with van der Waals surface area (Å²) in [7, 11) is 0. The fourth-order valence-electron chi connectivity index (χ4n) is 0.833. The normalized spacial score (nSPS) is 18.5. The average molecular weight is 304 g/mol. The number of hydrogen-bond donors (Lipinski definition) is 0. The minimum absolute atomic E-state index is 0. The van der Waals surface area contributed by atoms with E-state index < -0.39 is 0 Å². The molecule has 0 N–H and O–H groups in total. The maximum absolute atomic E-state index is 4.82. The zero-order valence-electron chi connectivity index (χ0n) is 7.47. The molecule has 0 aromatic heterocycles. The number of rotatable bonds is 0. The van der Waals surface area contributed by atoms with Crippen molar-refractivity contribution < 1.29 is 60.5 Å². The van der Waals surface area contributed by atoms with E-state index >= 15 is 0 Å². The maximum atomic E-state index is 4.82. The molecule has 13 heavy (non-hydrogen) atoms. The van der Waals surface area contributed by atoms with E-state index in [-0.39, 0.29) is 51.0 Å². The van der Waals surface area contributed by atoms with Crippen molar-refractivity contribution in [1.29, 1.82) is 0 Å². The summed E-state index contributed by atoms with van der Waals surface area (Å²) >= 11 is 0. The van der Waals surface area contributed by atoms with Gasteiger partial charge in [0.25, 0.3) is 0 Å². The molecule has 5 heteroatoms. The molecule has 0 aromatic rings. The molecule has 0 amide bonds. The minimum Gasteiger partial charge on any atom is -1.00 e. The SMILES string of the molecule is [CH-]1CCCO1.[CH-]1CCCO1.[Cl-].[Cl-].[Zr+4]. The second-order valence-corrected chi connectivity index (χ2v) is 2.36. The molecule has 2 aliphatic rings. The van der Waals surface area contributed by atoms with E-state index in [0.717, 1.165) is 26.1 Å². The number of ether oxygens (including phenoxy) is 2. The summed E-state index contributed by atoms with van der Waals surface area (Å²) in [5.41, 5.74) is 0. The van der Waals surface area contributed by atoms with E-state index in [9.17, 15) is 0 Å². The van der Waals surface area contributed by atoms with E-state index in [2.05, 4.69) is 0 Å². The average Bonchev–Trinajstić information content (AvgIpc) is 2.67. The van der Waals surface area contributed by atoms with Crippen molar-refractivity contribution in [3.8, 4) is 0 Å². The molecular formula is C8H14Cl2O2Zr. The van der Waals surface area contributed by atoms with Gasteiger partial charge in [0.05, 0.1) is 0 Å². The van der Waals surface area contributed by atoms with Crippen LogP contribution in [0.4, 0.5) is 0 Å². The van der Waals surface area contributed by atoms with E-state index in [4.69, 9.17) is 9.47 Å².